The lowest BCUT2D eigenvalue weighted by Gasteiger charge is -1.89. The molecule has 0 spiro atoms. The highest BCUT2D eigenvalue weighted by molar-refractivity contribution is 5.55. The van der Waals surface area contributed by atoms with E-state index in [2.05, 4.69) is 16.9 Å². The van der Waals surface area contributed by atoms with Gasteiger partial charge in [-0.15, -0.1) is 0 Å². The van der Waals surface area contributed by atoms with E-state index in [9.17, 15) is 0 Å². The van der Waals surface area contributed by atoms with E-state index >= 15 is 0 Å². The molecule has 0 unspecified atom stereocenters. The number of hydrogen-bond donors (Lipinski definition) is 0. The van der Waals surface area contributed by atoms with Gasteiger partial charge in [0.05, 0.1) is 0 Å². The van der Waals surface area contributed by atoms with Gasteiger partial charge >= 0.3 is 0 Å². The van der Waals surface area contributed by atoms with Crippen molar-refractivity contribution in [2.24, 2.45) is 5.16 Å². The molecule has 0 aromatic rings. The van der Waals surface area contributed by atoms with Crippen molar-refractivity contribution < 1.29 is 4.84 Å². The first-order valence-electron chi connectivity index (χ1n) is 3.26. The van der Waals surface area contributed by atoms with Crippen LogP contribution in [0.1, 0.15) is 25.7 Å². The molecular formula is C7H14NO. The third kappa shape index (κ3) is 7.47. The van der Waals surface area contributed by atoms with Crippen molar-refractivity contribution in [3.05, 3.63) is 6.92 Å². The minimum Gasteiger partial charge on any atom is -0.399 e. The molecule has 0 amide bonds. The van der Waals surface area contributed by atoms with E-state index in [0.29, 0.717) is 0 Å². The van der Waals surface area contributed by atoms with Gasteiger partial charge in [0.15, 0.2) is 0 Å². The summed E-state index contributed by atoms with van der Waals surface area (Å²) in [6.07, 6.45) is 6.14. The quantitative estimate of drug-likeness (QED) is 0.315. The molecule has 53 valence electrons. The molecule has 0 atom stereocenters. The van der Waals surface area contributed by atoms with Crippen molar-refractivity contribution in [3.8, 4) is 0 Å². The van der Waals surface area contributed by atoms with E-state index in [1.165, 1.54) is 6.42 Å². The van der Waals surface area contributed by atoms with Gasteiger partial charge in [0.25, 0.3) is 0 Å². The Morgan fingerprint density at radius 1 is 1.56 bits per heavy atom. The monoisotopic (exact) mass is 128 g/mol. The predicted molar refractivity (Wildman–Crippen MR) is 39.3 cm³/mol. The van der Waals surface area contributed by atoms with Crippen molar-refractivity contribution >= 4 is 6.21 Å². The Kier molecular flexibility index (Phi) is 7.03. The summed E-state index contributed by atoms with van der Waals surface area (Å²) in [4.78, 5) is 4.48. The highest BCUT2D eigenvalue weighted by Gasteiger charge is 1.80. The van der Waals surface area contributed by atoms with Crippen LogP contribution in [-0.4, -0.2) is 13.3 Å². The summed E-state index contributed by atoms with van der Waals surface area (Å²) >= 11 is 0. The fraction of sp³-hybridized carbons (Fsp3) is 0.714. The van der Waals surface area contributed by atoms with Crippen LogP contribution in [0.15, 0.2) is 5.16 Å². The third-order valence-corrected chi connectivity index (χ3v) is 1.01. The van der Waals surface area contributed by atoms with Gasteiger partial charge in [0.1, 0.15) is 7.11 Å². The number of hydrogen-bond acceptors (Lipinski definition) is 2. The van der Waals surface area contributed by atoms with Crippen molar-refractivity contribution in [2.75, 3.05) is 7.11 Å². The molecule has 1 radical (unpaired) electrons. The van der Waals surface area contributed by atoms with Crippen LogP contribution in [0, 0.1) is 6.92 Å². The SMILES string of the molecule is [CH2]CCCCC=NOC. The molecule has 0 aliphatic rings. The maximum absolute atomic E-state index is 4.48. The van der Waals surface area contributed by atoms with Gasteiger partial charge < -0.3 is 4.84 Å². The van der Waals surface area contributed by atoms with Gasteiger partial charge in [-0.2, -0.15) is 0 Å². The summed E-state index contributed by atoms with van der Waals surface area (Å²) < 4.78 is 0. The maximum Gasteiger partial charge on any atom is 0.106 e. The van der Waals surface area contributed by atoms with Crippen LogP contribution in [-0.2, 0) is 4.84 Å². The second kappa shape index (κ2) is 7.47. The smallest absolute Gasteiger partial charge is 0.106 e. The first-order valence-corrected chi connectivity index (χ1v) is 3.26. The molecule has 0 N–H and O–H groups in total. The largest absolute Gasteiger partial charge is 0.399 e. The van der Waals surface area contributed by atoms with Gasteiger partial charge in [-0.3, -0.25) is 0 Å². The van der Waals surface area contributed by atoms with Crippen LogP contribution >= 0.6 is 0 Å². The molecule has 0 bridgehead atoms. The fourth-order valence-corrected chi connectivity index (χ4v) is 0.540. The number of unbranched alkanes of at least 4 members (excludes halogenated alkanes) is 3. The van der Waals surface area contributed by atoms with Gasteiger partial charge in [0, 0.05) is 6.21 Å². The standard InChI is InChI=1S/C7H14NO/c1-3-4-5-6-7-8-9-2/h7H,1,3-6H2,2H3. The molecule has 0 heterocycles. The average molecular weight is 128 g/mol. The van der Waals surface area contributed by atoms with Gasteiger partial charge in [-0.05, 0) is 12.8 Å². The van der Waals surface area contributed by atoms with Crippen LogP contribution in [0.25, 0.3) is 0 Å². The first kappa shape index (κ1) is 8.47. The van der Waals surface area contributed by atoms with Crippen LogP contribution in [0.4, 0.5) is 0 Å². The maximum atomic E-state index is 4.48. The normalized spacial score (nSPS) is 10.4. The van der Waals surface area contributed by atoms with Gasteiger partial charge in [0.2, 0.25) is 0 Å². The van der Waals surface area contributed by atoms with E-state index in [0.717, 1.165) is 19.3 Å². The van der Waals surface area contributed by atoms with Crippen molar-refractivity contribution in [1.29, 1.82) is 0 Å². The highest BCUT2D eigenvalue weighted by Crippen LogP contribution is 1.95. The molecule has 0 aliphatic carbocycles. The van der Waals surface area contributed by atoms with Gasteiger partial charge in [-0.25, -0.2) is 0 Å². The third-order valence-electron chi connectivity index (χ3n) is 1.01. The molecular weight excluding hydrogens is 114 g/mol. The lowest BCUT2D eigenvalue weighted by atomic mass is 10.2. The summed E-state index contributed by atoms with van der Waals surface area (Å²) in [5.41, 5.74) is 0. The molecule has 2 nitrogen and oxygen atoms in total. The zero-order valence-electron chi connectivity index (χ0n) is 5.97. The Morgan fingerprint density at radius 3 is 2.89 bits per heavy atom. The molecule has 0 fully saturated rings. The van der Waals surface area contributed by atoms with Crippen molar-refractivity contribution in [2.45, 2.75) is 25.7 Å². The lowest BCUT2D eigenvalue weighted by molar-refractivity contribution is 0.214. The number of rotatable bonds is 5. The molecule has 0 aromatic heterocycles. The van der Waals surface area contributed by atoms with E-state index < -0.39 is 0 Å². The predicted octanol–water partition coefficient (Wildman–Crippen LogP) is 2.01. The van der Waals surface area contributed by atoms with Crippen LogP contribution in [0.3, 0.4) is 0 Å². The lowest BCUT2D eigenvalue weighted by Crippen LogP contribution is -1.77. The molecule has 0 aliphatic heterocycles. The average Bonchev–Trinajstić information content (AvgIpc) is 1.89. The highest BCUT2D eigenvalue weighted by atomic mass is 16.6. The zero-order valence-corrected chi connectivity index (χ0v) is 5.97. The summed E-state index contributed by atoms with van der Waals surface area (Å²) in [6, 6.07) is 0. The van der Waals surface area contributed by atoms with E-state index in [4.69, 9.17) is 0 Å². The summed E-state index contributed by atoms with van der Waals surface area (Å²) in [7, 11) is 1.55. The second-order valence-electron chi connectivity index (χ2n) is 1.82. The molecule has 0 rings (SSSR count). The first-order chi connectivity index (χ1) is 4.41. The Labute approximate surface area is 56.9 Å². The van der Waals surface area contributed by atoms with Crippen molar-refractivity contribution in [1.82, 2.24) is 0 Å². The number of nitrogens with zero attached hydrogens (tertiary/aromatic N) is 1. The molecule has 0 aromatic carbocycles. The van der Waals surface area contributed by atoms with E-state index in [1.807, 2.05) is 0 Å². The fourth-order valence-electron chi connectivity index (χ4n) is 0.540. The molecule has 9 heavy (non-hydrogen) atoms. The van der Waals surface area contributed by atoms with Crippen LogP contribution < -0.4 is 0 Å². The Morgan fingerprint density at radius 2 is 2.33 bits per heavy atom. The minimum atomic E-state index is 1.00. The van der Waals surface area contributed by atoms with Crippen molar-refractivity contribution in [3.63, 3.8) is 0 Å². The second-order valence-corrected chi connectivity index (χ2v) is 1.82. The van der Waals surface area contributed by atoms with Gasteiger partial charge in [-0.1, -0.05) is 24.9 Å². The molecule has 0 saturated heterocycles. The summed E-state index contributed by atoms with van der Waals surface area (Å²) in [5.74, 6) is 0. The summed E-state index contributed by atoms with van der Waals surface area (Å²) in [6.45, 7) is 3.73. The zero-order chi connectivity index (χ0) is 6.95. The summed E-state index contributed by atoms with van der Waals surface area (Å²) in [5, 5.41) is 3.60. The molecule has 2 heteroatoms. The van der Waals surface area contributed by atoms with Crippen LogP contribution in [0.2, 0.25) is 0 Å². The number of oxime groups is 1. The van der Waals surface area contributed by atoms with Crippen LogP contribution in [0.5, 0.6) is 0 Å². The Hall–Kier alpha value is -0.530. The molecule has 0 saturated carbocycles. The minimum absolute atomic E-state index is 1.00. The van der Waals surface area contributed by atoms with E-state index in [-0.39, 0.29) is 0 Å². The topological polar surface area (TPSA) is 21.6 Å². The Balaban J connectivity index is 2.82. The Bertz CT molecular complexity index is 71.3. The van der Waals surface area contributed by atoms with E-state index in [1.54, 1.807) is 13.3 Å².